The van der Waals surface area contributed by atoms with E-state index in [2.05, 4.69) is 148 Å². The fourth-order valence-electron chi connectivity index (χ4n) is 9.45. The Balaban J connectivity index is 1.11. The first kappa shape index (κ1) is 32.9. The van der Waals surface area contributed by atoms with E-state index >= 15 is 0 Å². The highest BCUT2D eigenvalue weighted by atomic mass is 16.5. The number of hydrogen-bond acceptors (Lipinski definition) is 4. The molecule has 7 aromatic rings. The van der Waals surface area contributed by atoms with Crippen molar-refractivity contribution in [2.75, 3.05) is 0 Å². The van der Waals surface area contributed by atoms with Crippen LogP contribution in [0.4, 0.5) is 0 Å². The molecule has 5 aromatic carbocycles. The van der Waals surface area contributed by atoms with Gasteiger partial charge >= 0.3 is 0 Å². The van der Waals surface area contributed by atoms with Crippen molar-refractivity contribution < 1.29 is 9.47 Å². The third-order valence-electron chi connectivity index (χ3n) is 12.2. The maximum atomic E-state index is 6.99. The lowest BCUT2D eigenvalue weighted by Crippen LogP contribution is -2.27. The minimum atomic E-state index is -0.179. The van der Waals surface area contributed by atoms with Crippen LogP contribution < -0.4 is 4.74 Å². The maximum absolute atomic E-state index is 6.99. The topological polar surface area (TPSA) is 48.6 Å². The predicted octanol–water partition coefficient (Wildman–Crippen LogP) is 12.4. The van der Waals surface area contributed by atoms with Crippen LogP contribution in [0.25, 0.3) is 38.8 Å². The van der Waals surface area contributed by atoms with E-state index in [4.69, 9.17) is 19.5 Å². The molecule has 2 atom stereocenters. The first-order valence-electron chi connectivity index (χ1n) is 19.6. The molecule has 1 saturated carbocycles. The van der Waals surface area contributed by atoms with E-state index in [1.807, 2.05) is 6.20 Å². The predicted molar refractivity (Wildman–Crippen MR) is 219 cm³/mol. The highest BCUT2D eigenvalue weighted by Gasteiger charge is 2.39. The second-order valence-corrected chi connectivity index (χ2v) is 16.2. The van der Waals surface area contributed by atoms with E-state index in [-0.39, 0.29) is 17.6 Å². The molecule has 0 spiro atoms. The average Bonchev–Trinajstić information content (AvgIpc) is 3.78. The summed E-state index contributed by atoms with van der Waals surface area (Å²) in [5.41, 5.74) is 11.3. The summed E-state index contributed by atoms with van der Waals surface area (Å²) in [6.07, 6.45) is 8.03. The van der Waals surface area contributed by atoms with Gasteiger partial charge in [-0.15, -0.1) is 0 Å². The quantitative estimate of drug-likeness (QED) is 0.173. The molecule has 2 aliphatic heterocycles. The summed E-state index contributed by atoms with van der Waals surface area (Å²) in [5, 5.41) is 2.46. The highest BCUT2D eigenvalue weighted by molar-refractivity contribution is 6.12. The van der Waals surface area contributed by atoms with Crippen LogP contribution in [-0.4, -0.2) is 21.5 Å². The summed E-state index contributed by atoms with van der Waals surface area (Å²) in [5.74, 6) is 3.76. The van der Waals surface area contributed by atoms with Crippen LogP contribution in [-0.2, 0) is 10.2 Å². The van der Waals surface area contributed by atoms with E-state index in [9.17, 15) is 0 Å². The van der Waals surface area contributed by atoms with Crippen LogP contribution in [0, 0.1) is 19.8 Å². The molecule has 0 saturated heterocycles. The number of hydrogen-bond donors (Lipinski definition) is 0. The summed E-state index contributed by atoms with van der Waals surface area (Å²) in [4.78, 5) is 10.4. The van der Waals surface area contributed by atoms with E-state index in [0.717, 1.165) is 45.1 Å². The van der Waals surface area contributed by atoms with Crippen LogP contribution in [0.3, 0.4) is 0 Å². The number of pyridine rings is 1. The molecule has 3 aliphatic rings. The number of aromatic nitrogens is 2. The smallest absolute Gasteiger partial charge is 0.217 e. The number of rotatable bonds is 6. The molecule has 1 fully saturated rings. The molecule has 4 heterocycles. The van der Waals surface area contributed by atoms with Crippen LogP contribution in [0.5, 0.6) is 11.5 Å². The molecule has 0 amide bonds. The standard InChI is InChI=1S/C49H45N3O2/c1-30-23-39-38-25-31(2)43(29-42(38)52-45(39)41(24-30)49(3,4)40-21-14-22-50-47(40)52)53-37-27-35(32-15-8-5-9-16-32)26-36(28-37)48-51-44(33-17-10-6-11-18-33)46(54-48)34-19-12-7-13-20-34/h5,7-9,12-16,19-29,33,44,46H,6,10-11,17-18H2,1-4H3/t44-,46-/m1/s1. The van der Waals surface area contributed by atoms with Crippen LogP contribution in [0.15, 0.2) is 126 Å². The maximum Gasteiger partial charge on any atom is 0.217 e. The Morgan fingerprint density at radius 3 is 2.28 bits per heavy atom. The third kappa shape index (κ3) is 5.35. The monoisotopic (exact) mass is 707 g/mol. The van der Waals surface area contributed by atoms with Gasteiger partial charge in [-0.25, -0.2) is 9.98 Å². The normalized spacial score (nSPS) is 19.1. The largest absolute Gasteiger partial charge is 0.467 e. The van der Waals surface area contributed by atoms with Crippen molar-refractivity contribution in [1.82, 2.24) is 9.55 Å². The van der Waals surface area contributed by atoms with E-state index in [0.29, 0.717) is 11.8 Å². The molecular weight excluding hydrogens is 663 g/mol. The SMILES string of the molecule is Cc1cc2c3c(c1)c1cc(C)c(Oc4cc(C5=N[C@H](C6CCCCC6)[C@@H](c6ccccc6)O5)cc(-c5ccccc5)c4)cc1n3-c1ncccc1C2(C)C. The number of nitrogens with zero attached hydrogens (tertiary/aromatic N) is 3. The van der Waals surface area contributed by atoms with Gasteiger partial charge in [0.1, 0.15) is 23.4 Å². The molecule has 5 heteroatoms. The lowest BCUT2D eigenvalue weighted by molar-refractivity contribution is 0.150. The molecule has 10 rings (SSSR count). The number of ether oxygens (including phenoxy) is 2. The Labute approximate surface area is 317 Å². The third-order valence-corrected chi connectivity index (χ3v) is 12.2. The lowest BCUT2D eigenvalue weighted by Gasteiger charge is -2.34. The minimum Gasteiger partial charge on any atom is -0.467 e. The van der Waals surface area contributed by atoms with E-state index < -0.39 is 0 Å². The van der Waals surface area contributed by atoms with Gasteiger partial charge in [0, 0.05) is 39.6 Å². The van der Waals surface area contributed by atoms with Crippen molar-refractivity contribution >= 4 is 27.7 Å². The number of benzene rings is 5. The molecular formula is C49H45N3O2. The van der Waals surface area contributed by atoms with Gasteiger partial charge in [-0.3, -0.25) is 4.57 Å². The van der Waals surface area contributed by atoms with Crippen LogP contribution >= 0.6 is 0 Å². The van der Waals surface area contributed by atoms with Gasteiger partial charge in [-0.05, 0) is 96.8 Å². The Morgan fingerprint density at radius 2 is 1.48 bits per heavy atom. The summed E-state index contributed by atoms with van der Waals surface area (Å²) >= 11 is 0. The fourth-order valence-corrected chi connectivity index (χ4v) is 9.45. The second-order valence-electron chi connectivity index (χ2n) is 16.2. The van der Waals surface area contributed by atoms with Crippen molar-refractivity contribution in [3.05, 3.63) is 155 Å². The zero-order valence-electron chi connectivity index (χ0n) is 31.5. The number of aliphatic imine (C=N–C) groups is 1. The lowest BCUT2D eigenvalue weighted by atomic mass is 9.75. The van der Waals surface area contributed by atoms with Gasteiger partial charge in [0.05, 0.1) is 17.1 Å². The first-order chi connectivity index (χ1) is 26.3. The van der Waals surface area contributed by atoms with Gasteiger partial charge in [-0.1, -0.05) is 111 Å². The molecule has 54 heavy (non-hydrogen) atoms. The summed E-state index contributed by atoms with van der Waals surface area (Å²) in [6, 6.07) is 41.2. The van der Waals surface area contributed by atoms with Crippen molar-refractivity contribution in [2.45, 2.75) is 77.4 Å². The Morgan fingerprint density at radius 1 is 0.722 bits per heavy atom. The van der Waals surface area contributed by atoms with Crippen molar-refractivity contribution in [2.24, 2.45) is 10.9 Å². The van der Waals surface area contributed by atoms with Crippen molar-refractivity contribution in [3.63, 3.8) is 0 Å². The average molecular weight is 708 g/mol. The van der Waals surface area contributed by atoms with Gasteiger partial charge in [0.25, 0.3) is 0 Å². The van der Waals surface area contributed by atoms with Gasteiger partial charge in [0.15, 0.2) is 0 Å². The van der Waals surface area contributed by atoms with Gasteiger partial charge in [0.2, 0.25) is 5.90 Å². The molecule has 2 aromatic heterocycles. The van der Waals surface area contributed by atoms with Gasteiger partial charge in [-0.2, -0.15) is 0 Å². The molecule has 0 unspecified atom stereocenters. The molecule has 5 nitrogen and oxygen atoms in total. The fraction of sp³-hybridized carbons (Fsp3) is 0.265. The van der Waals surface area contributed by atoms with Crippen molar-refractivity contribution in [1.29, 1.82) is 0 Å². The van der Waals surface area contributed by atoms with Gasteiger partial charge < -0.3 is 9.47 Å². The summed E-state index contributed by atoms with van der Waals surface area (Å²) in [7, 11) is 0. The van der Waals surface area contributed by atoms with Crippen LogP contribution in [0.1, 0.15) is 85.4 Å². The Kier molecular flexibility index (Phi) is 7.76. The second kappa shape index (κ2) is 12.7. The molecule has 0 N–H and O–H groups in total. The summed E-state index contributed by atoms with van der Waals surface area (Å²) < 4.78 is 16.2. The van der Waals surface area contributed by atoms with Crippen LogP contribution in [0.2, 0.25) is 0 Å². The molecule has 0 bridgehead atoms. The molecule has 1 aliphatic carbocycles. The Bertz CT molecular complexity index is 2600. The number of fused-ring (bicyclic) bond motifs is 5. The summed E-state index contributed by atoms with van der Waals surface area (Å²) in [6.45, 7) is 8.98. The van der Waals surface area contributed by atoms with E-state index in [1.54, 1.807) is 0 Å². The Hall–Kier alpha value is -5.68. The minimum absolute atomic E-state index is 0.0903. The molecule has 268 valence electrons. The number of aryl methyl sites for hydroxylation is 2. The molecule has 0 radical (unpaired) electrons. The van der Waals surface area contributed by atoms with Crippen molar-refractivity contribution in [3.8, 4) is 28.4 Å². The zero-order chi connectivity index (χ0) is 36.6. The van der Waals surface area contributed by atoms with E-state index in [1.165, 1.54) is 70.6 Å². The zero-order valence-corrected chi connectivity index (χ0v) is 31.5. The first-order valence-corrected chi connectivity index (χ1v) is 19.6. The highest BCUT2D eigenvalue weighted by Crippen LogP contribution is 2.49.